The lowest BCUT2D eigenvalue weighted by atomic mass is 10.0. The minimum atomic E-state index is -0.291. The summed E-state index contributed by atoms with van der Waals surface area (Å²) in [5.41, 5.74) is 7.10. The van der Waals surface area contributed by atoms with E-state index in [0.29, 0.717) is 21.9 Å². The first-order valence-electron chi connectivity index (χ1n) is 6.41. The van der Waals surface area contributed by atoms with E-state index in [1.54, 1.807) is 6.07 Å². The number of nitrogens with two attached hydrogens (primary N) is 1. The topological polar surface area (TPSA) is 38.0 Å². The Hall–Kier alpha value is -0.770. The van der Waals surface area contributed by atoms with E-state index in [1.165, 1.54) is 18.9 Å². The van der Waals surface area contributed by atoms with Crippen LogP contribution in [0.4, 0.5) is 15.8 Å². The molecule has 0 aliphatic rings. The number of nitrogens with one attached hydrogen (secondary N) is 1. The van der Waals surface area contributed by atoms with Gasteiger partial charge < -0.3 is 11.1 Å². The second-order valence-corrected chi connectivity index (χ2v) is 6.08. The van der Waals surface area contributed by atoms with Crippen molar-refractivity contribution < 1.29 is 4.39 Å². The number of nitrogen functional groups attached to an aromatic ring is 1. The van der Waals surface area contributed by atoms with Crippen LogP contribution in [0.2, 0.25) is 0 Å². The van der Waals surface area contributed by atoms with E-state index in [9.17, 15) is 4.39 Å². The summed E-state index contributed by atoms with van der Waals surface area (Å²) < 4.78 is 13.8. The molecule has 0 spiro atoms. The van der Waals surface area contributed by atoms with Crippen molar-refractivity contribution in [3.8, 4) is 0 Å². The molecule has 0 amide bonds. The largest absolute Gasteiger partial charge is 0.397 e. The van der Waals surface area contributed by atoms with Crippen LogP contribution in [0.25, 0.3) is 0 Å². The summed E-state index contributed by atoms with van der Waals surface area (Å²) in [5.74, 6) is 0.438. The lowest BCUT2D eigenvalue weighted by Gasteiger charge is -2.17. The van der Waals surface area contributed by atoms with E-state index in [4.69, 9.17) is 5.73 Å². The van der Waals surface area contributed by atoms with E-state index in [2.05, 4.69) is 42.0 Å². The van der Waals surface area contributed by atoms with Crippen molar-refractivity contribution in [2.75, 3.05) is 11.1 Å². The standard InChI is InChI=1S/C14H22BrFN2/c1-9(2)5-4-6-10(3)18-14-8-12(16)11(15)7-13(14)17/h7-10,18H,4-6,17H2,1-3H3. The van der Waals surface area contributed by atoms with Gasteiger partial charge in [-0.1, -0.05) is 26.7 Å². The molecule has 3 N–H and O–H groups in total. The molecule has 0 aliphatic heterocycles. The number of rotatable bonds is 6. The van der Waals surface area contributed by atoms with Crippen molar-refractivity contribution in [3.05, 3.63) is 22.4 Å². The number of hydrogen-bond donors (Lipinski definition) is 2. The van der Waals surface area contributed by atoms with E-state index in [-0.39, 0.29) is 5.82 Å². The van der Waals surface area contributed by atoms with Gasteiger partial charge in [0.2, 0.25) is 0 Å². The molecule has 1 atom stereocenters. The first-order chi connectivity index (χ1) is 8.40. The van der Waals surface area contributed by atoms with Gasteiger partial charge >= 0.3 is 0 Å². The summed E-state index contributed by atoms with van der Waals surface area (Å²) in [4.78, 5) is 0. The van der Waals surface area contributed by atoms with Gasteiger partial charge in [-0.15, -0.1) is 0 Å². The maximum absolute atomic E-state index is 13.4. The van der Waals surface area contributed by atoms with Gasteiger partial charge in [-0.05, 0) is 41.3 Å². The maximum atomic E-state index is 13.4. The fourth-order valence-electron chi connectivity index (χ4n) is 1.86. The summed E-state index contributed by atoms with van der Waals surface area (Å²) in [6.45, 7) is 6.54. The number of hydrogen-bond acceptors (Lipinski definition) is 2. The summed E-state index contributed by atoms with van der Waals surface area (Å²) >= 11 is 3.12. The SMILES string of the molecule is CC(C)CCCC(C)Nc1cc(F)c(Br)cc1N. The molecule has 1 rings (SSSR count). The minimum absolute atomic E-state index is 0.291. The smallest absolute Gasteiger partial charge is 0.139 e. The highest BCUT2D eigenvalue weighted by atomic mass is 79.9. The van der Waals surface area contributed by atoms with E-state index < -0.39 is 0 Å². The van der Waals surface area contributed by atoms with Crippen LogP contribution in [0.1, 0.15) is 40.0 Å². The first kappa shape index (κ1) is 15.3. The van der Waals surface area contributed by atoms with Crippen LogP contribution >= 0.6 is 15.9 Å². The zero-order valence-corrected chi connectivity index (χ0v) is 12.8. The maximum Gasteiger partial charge on any atom is 0.139 e. The second-order valence-electron chi connectivity index (χ2n) is 5.22. The van der Waals surface area contributed by atoms with Gasteiger partial charge in [0.1, 0.15) is 5.82 Å². The van der Waals surface area contributed by atoms with Gasteiger partial charge in [-0.2, -0.15) is 0 Å². The number of anilines is 2. The molecule has 0 bridgehead atoms. The Morgan fingerprint density at radius 2 is 1.94 bits per heavy atom. The molecule has 0 fully saturated rings. The van der Waals surface area contributed by atoms with Crippen LogP contribution < -0.4 is 11.1 Å². The highest BCUT2D eigenvalue weighted by molar-refractivity contribution is 9.10. The Labute approximate surface area is 117 Å². The number of halogens is 2. The van der Waals surface area contributed by atoms with Crippen LogP contribution in [0.15, 0.2) is 16.6 Å². The Bertz CT molecular complexity index is 394. The normalized spacial score (nSPS) is 12.8. The molecule has 2 nitrogen and oxygen atoms in total. The minimum Gasteiger partial charge on any atom is -0.397 e. The average Bonchev–Trinajstić information content (AvgIpc) is 2.25. The van der Waals surface area contributed by atoms with Crippen LogP contribution in [-0.4, -0.2) is 6.04 Å². The van der Waals surface area contributed by atoms with Gasteiger partial charge in [0.15, 0.2) is 0 Å². The molecular weight excluding hydrogens is 295 g/mol. The number of benzene rings is 1. The molecule has 0 aliphatic carbocycles. The lowest BCUT2D eigenvalue weighted by Crippen LogP contribution is -2.16. The van der Waals surface area contributed by atoms with Crippen LogP contribution in [0.5, 0.6) is 0 Å². The van der Waals surface area contributed by atoms with Crippen molar-refractivity contribution >= 4 is 27.3 Å². The molecule has 0 heterocycles. The Kier molecular flexibility index (Phi) is 5.93. The summed E-state index contributed by atoms with van der Waals surface area (Å²) in [5, 5.41) is 3.27. The third-order valence-electron chi connectivity index (χ3n) is 2.91. The Morgan fingerprint density at radius 3 is 2.56 bits per heavy atom. The Morgan fingerprint density at radius 1 is 1.28 bits per heavy atom. The van der Waals surface area contributed by atoms with Crippen molar-refractivity contribution in [2.45, 2.75) is 46.1 Å². The summed E-state index contributed by atoms with van der Waals surface area (Å²) in [6.07, 6.45) is 3.45. The fraction of sp³-hybridized carbons (Fsp3) is 0.571. The predicted octanol–water partition coefficient (Wildman–Crippen LogP) is 4.80. The zero-order valence-electron chi connectivity index (χ0n) is 11.3. The molecule has 4 heteroatoms. The van der Waals surface area contributed by atoms with Crippen molar-refractivity contribution in [1.29, 1.82) is 0 Å². The third kappa shape index (κ3) is 4.84. The molecule has 0 aromatic heterocycles. The van der Waals surface area contributed by atoms with E-state index >= 15 is 0 Å². The molecule has 0 saturated heterocycles. The first-order valence-corrected chi connectivity index (χ1v) is 7.20. The second kappa shape index (κ2) is 6.98. The quantitative estimate of drug-likeness (QED) is 0.740. The summed E-state index contributed by atoms with van der Waals surface area (Å²) in [6, 6.07) is 3.34. The fourth-order valence-corrected chi connectivity index (χ4v) is 2.22. The molecule has 1 unspecified atom stereocenters. The molecule has 0 saturated carbocycles. The molecule has 102 valence electrons. The van der Waals surface area contributed by atoms with Crippen molar-refractivity contribution in [2.24, 2.45) is 5.92 Å². The van der Waals surface area contributed by atoms with Crippen LogP contribution in [0.3, 0.4) is 0 Å². The summed E-state index contributed by atoms with van der Waals surface area (Å²) in [7, 11) is 0. The molecule has 1 aromatic carbocycles. The van der Waals surface area contributed by atoms with Gasteiger partial charge in [0.25, 0.3) is 0 Å². The Balaban J connectivity index is 2.54. The lowest BCUT2D eigenvalue weighted by molar-refractivity contribution is 0.520. The molecular formula is C14H22BrFN2. The van der Waals surface area contributed by atoms with Crippen LogP contribution in [-0.2, 0) is 0 Å². The molecule has 1 aromatic rings. The van der Waals surface area contributed by atoms with Gasteiger partial charge in [0.05, 0.1) is 15.8 Å². The van der Waals surface area contributed by atoms with Crippen molar-refractivity contribution in [1.82, 2.24) is 0 Å². The van der Waals surface area contributed by atoms with Gasteiger partial charge in [0, 0.05) is 12.1 Å². The molecule has 18 heavy (non-hydrogen) atoms. The molecule has 0 radical (unpaired) electrons. The van der Waals surface area contributed by atoms with E-state index in [0.717, 1.165) is 12.3 Å². The zero-order chi connectivity index (χ0) is 13.7. The average molecular weight is 317 g/mol. The predicted molar refractivity (Wildman–Crippen MR) is 80.3 cm³/mol. The van der Waals surface area contributed by atoms with Gasteiger partial charge in [-0.3, -0.25) is 0 Å². The van der Waals surface area contributed by atoms with E-state index in [1.807, 2.05) is 0 Å². The monoisotopic (exact) mass is 316 g/mol. The highest BCUT2D eigenvalue weighted by Gasteiger charge is 2.09. The third-order valence-corrected chi connectivity index (χ3v) is 3.52. The van der Waals surface area contributed by atoms with Crippen LogP contribution in [0, 0.1) is 11.7 Å². The highest BCUT2D eigenvalue weighted by Crippen LogP contribution is 2.27. The van der Waals surface area contributed by atoms with Crippen molar-refractivity contribution in [3.63, 3.8) is 0 Å². The van der Waals surface area contributed by atoms with Gasteiger partial charge in [-0.25, -0.2) is 4.39 Å².